The van der Waals surface area contributed by atoms with Crippen LogP contribution in [0.4, 0.5) is 5.82 Å². The Bertz CT molecular complexity index is 1210. The second-order valence-electron chi connectivity index (χ2n) is 6.99. The van der Waals surface area contributed by atoms with Gasteiger partial charge in [-0.25, -0.2) is 14.6 Å². The summed E-state index contributed by atoms with van der Waals surface area (Å²) in [6.07, 6.45) is 0.802. The molecule has 0 bridgehead atoms. The molecule has 4 aromatic rings. The van der Waals surface area contributed by atoms with Gasteiger partial charge >= 0.3 is 0 Å². The van der Waals surface area contributed by atoms with Crippen molar-refractivity contribution in [3.63, 3.8) is 0 Å². The summed E-state index contributed by atoms with van der Waals surface area (Å²) in [6.45, 7) is 4.86. The number of hydrogen-bond acceptors (Lipinski definition) is 5. The Labute approximate surface area is 169 Å². The maximum absolute atomic E-state index is 9.05. The fraction of sp³-hybridized carbons (Fsp3) is 0.217. The molecule has 29 heavy (non-hydrogen) atoms. The molecule has 0 unspecified atom stereocenters. The summed E-state index contributed by atoms with van der Waals surface area (Å²) in [5.41, 5.74) is 5.70. The number of nitrogens with one attached hydrogen (secondary N) is 1. The first-order valence-electron chi connectivity index (χ1n) is 9.63. The molecule has 2 aromatic carbocycles. The monoisotopic (exact) mass is 382 g/mol. The average molecular weight is 382 g/mol. The molecule has 2 aromatic heterocycles. The van der Waals surface area contributed by atoms with Crippen molar-refractivity contribution in [3.8, 4) is 17.5 Å². The van der Waals surface area contributed by atoms with E-state index in [1.54, 1.807) is 12.1 Å². The van der Waals surface area contributed by atoms with Crippen molar-refractivity contribution < 1.29 is 0 Å². The van der Waals surface area contributed by atoms with Crippen LogP contribution in [0.15, 0.2) is 48.5 Å². The van der Waals surface area contributed by atoms with Crippen LogP contribution in [0, 0.1) is 18.3 Å². The lowest BCUT2D eigenvalue weighted by molar-refractivity contribution is 0.761. The number of fused-ring (bicyclic) bond motifs is 1. The SMILES string of the molecule is CCc1nn(C)c2nc(-c3ccc(C#N)cc3)nc(NCc3ccccc3C)c12. The van der Waals surface area contributed by atoms with Crippen LogP contribution in [0.2, 0.25) is 0 Å². The lowest BCUT2D eigenvalue weighted by Crippen LogP contribution is -2.06. The molecule has 0 atom stereocenters. The molecular formula is C23H22N6. The lowest BCUT2D eigenvalue weighted by atomic mass is 10.1. The summed E-state index contributed by atoms with van der Waals surface area (Å²) in [6, 6.07) is 17.8. The normalized spacial score (nSPS) is 10.8. The summed E-state index contributed by atoms with van der Waals surface area (Å²) < 4.78 is 1.81. The minimum Gasteiger partial charge on any atom is -0.365 e. The Kier molecular flexibility index (Phi) is 4.96. The van der Waals surface area contributed by atoms with Crippen LogP contribution in [-0.2, 0) is 20.0 Å². The predicted octanol–water partition coefficient (Wildman–Crippen LogP) is 4.38. The smallest absolute Gasteiger partial charge is 0.164 e. The molecule has 0 aliphatic heterocycles. The van der Waals surface area contributed by atoms with Gasteiger partial charge in [-0.15, -0.1) is 0 Å². The summed E-state index contributed by atoms with van der Waals surface area (Å²) in [5, 5.41) is 18.2. The number of benzene rings is 2. The summed E-state index contributed by atoms with van der Waals surface area (Å²) in [7, 11) is 1.90. The van der Waals surface area contributed by atoms with E-state index in [0.29, 0.717) is 17.9 Å². The Morgan fingerprint density at radius 3 is 2.52 bits per heavy atom. The summed E-state index contributed by atoms with van der Waals surface area (Å²) >= 11 is 0. The van der Waals surface area contributed by atoms with Gasteiger partial charge in [0.25, 0.3) is 0 Å². The molecule has 0 fully saturated rings. The van der Waals surface area contributed by atoms with E-state index < -0.39 is 0 Å². The number of hydrogen-bond donors (Lipinski definition) is 1. The predicted molar refractivity (Wildman–Crippen MR) is 114 cm³/mol. The van der Waals surface area contributed by atoms with Crippen LogP contribution in [0.25, 0.3) is 22.4 Å². The zero-order chi connectivity index (χ0) is 20.4. The Hall–Kier alpha value is -3.72. The zero-order valence-corrected chi connectivity index (χ0v) is 16.8. The number of nitriles is 1. The van der Waals surface area contributed by atoms with Crippen LogP contribution in [0.3, 0.4) is 0 Å². The van der Waals surface area contributed by atoms with Crippen molar-refractivity contribution in [2.45, 2.75) is 26.8 Å². The fourth-order valence-electron chi connectivity index (χ4n) is 3.41. The van der Waals surface area contributed by atoms with Crippen molar-refractivity contribution in [1.82, 2.24) is 19.7 Å². The van der Waals surface area contributed by atoms with Crippen molar-refractivity contribution in [2.24, 2.45) is 7.05 Å². The van der Waals surface area contributed by atoms with Gasteiger partial charge in [-0.1, -0.05) is 31.2 Å². The maximum atomic E-state index is 9.05. The van der Waals surface area contributed by atoms with Gasteiger partial charge in [0, 0.05) is 19.2 Å². The number of rotatable bonds is 5. The van der Waals surface area contributed by atoms with Gasteiger partial charge in [0.15, 0.2) is 11.5 Å². The topological polar surface area (TPSA) is 79.4 Å². The van der Waals surface area contributed by atoms with Crippen LogP contribution in [0.1, 0.15) is 29.3 Å². The minimum atomic E-state index is 0.611. The molecular weight excluding hydrogens is 360 g/mol. The van der Waals surface area contributed by atoms with Gasteiger partial charge in [0.2, 0.25) is 0 Å². The second kappa shape index (κ2) is 7.72. The van der Waals surface area contributed by atoms with E-state index in [9.17, 15) is 0 Å². The Morgan fingerprint density at radius 2 is 1.83 bits per heavy atom. The molecule has 6 nitrogen and oxygen atoms in total. The third-order valence-electron chi connectivity index (χ3n) is 5.07. The second-order valence-corrected chi connectivity index (χ2v) is 6.99. The highest BCUT2D eigenvalue weighted by Gasteiger charge is 2.17. The van der Waals surface area contributed by atoms with Crippen molar-refractivity contribution >= 4 is 16.9 Å². The third-order valence-corrected chi connectivity index (χ3v) is 5.07. The first kappa shape index (κ1) is 18.6. The third kappa shape index (κ3) is 3.55. The Morgan fingerprint density at radius 1 is 1.07 bits per heavy atom. The van der Waals surface area contributed by atoms with Crippen LogP contribution in [-0.4, -0.2) is 19.7 Å². The zero-order valence-electron chi connectivity index (χ0n) is 16.8. The van der Waals surface area contributed by atoms with Crippen LogP contribution < -0.4 is 5.32 Å². The van der Waals surface area contributed by atoms with E-state index in [2.05, 4.69) is 42.5 Å². The molecule has 144 valence electrons. The van der Waals surface area contributed by atoms with E-state index >= 15 is 0 Å². The standard InChI is InChI=1S/C23H22N6/c1-4-19-20-22(25-14-18-8-6-5-7-15(18)2)26-21(27-23(20)29(3)28-19)17-11-9-16(13-24)10-12-17/h5-12H,4,14H2,1-3H3,(H,25,26,27). The van der Waals surface area contributed by atoms with E-state index in [4.69, 9.17) is 15.2 Å². The Balaban J connectivity index is 1.81. The molecule has 0 radical (unpaired) electrons. The molecule has 0 aliphatic carbocycles. The van der Waals surface area contributed by atoms with Crippen molar-refractivity contribution in [1.29, 1.82) is 5.26 Å². The van der Waals surface area contributed by atoms with Gasteiger partial charge in [-0.05, 0) is 48.7 Å². The quantitative estimate of drug-likeness (QED) is 0.554. The van der Waals surface area contributed by atoms with Gasteiger partial charge in [0.1, 0.15) is 5.82 Å². The number of aryl methyl sites for hydroxylation is 3. The van der Waals surface area contributed by atoms with Crippen molar-refractivity contribution in [3.05, 3.63) is 70.9 Å². The first-order chi connectivity index (χ1) is 14.1. The van der Waals surface area contributed by atoms with Crippen LogP contribution in [0.5, 0.6) is 0 Å². The minimum absolute atomic E-state index is 0.611. The maximum Gasteiger partial charge on any atom is 0.164 e. The summed E-state index contributed by atoms with van der Waals surface area (Å²) in [5.74, 6) is 1.39. The fourth-order valence-corrected chi connectivity index (χ4v) is 3.41. The number of anilines is 1. The molecule has 0 aliphatic rings. The largest absolute Gasteiger partial charge is 0.365 e. The highest BCUT2D eigenvalue weighted by Crippen LogP contribution is 2.28. The lowest BCUT2D eigenvalue weighted by Gasteiger charge is -2.11. The summed E-state index contributed by atoms with van der Waals surface area (Å²) in [4.78, 5) is 9.60. The number of nitrogens with zero attached hydrogens (tertiary/aromatic N) is 5. The van der Waals surface area contributed by atoms with Gasteiger partial charge in [-0.2, -0.15) is 10.4 Å². The number of aromatic nitrogens is 4. The molecule has 0 amide bonds. The molecule has 0 saturated heterocycles. The van der Waals surface area contributed by atoms with Gasteiger partial charge in [0.05, 0.1) is 22.7 Å². The van der Waals surface area contributed by atoms with Crippen LogP contribution >= 0.6 is 0 Å². The van der Waals surface area contributed by atoms with Gasteiger partial charge in [-0.3, -0.25) is 0 Å². The molecule has 0 spiro atoms. The molecule has 6 heteroatoms. The molecule has 0 saturated carbocycles. The highest BCUT2D eigenvalue weighted by molar-refractivity contribution is 5.91. The first-order valence-corrected chi connectivity index (χ1v) is 9.63. The van der Waals surface area contributed by atoms with Crippen molar-refractivity contribution in [2.75, 3.05) is 5.32 Å². The molecule has 4 rings (SSSR count). The van der Waals surface area contributed by atoms with E-state index in [-0.39, 0.29) is 0 Å². The van der Waals surface area contributed by atoms with Gasteiger partial charge < -0.3 is 5.32 Å². The average Bonchev–Trinajstić information content (AvgIpc) is 3.09. The highest BCUT2D eigenvalue weighted by atomic mass is 15.3. The van der Waals surface area contributed by atoms with E-state index in [1.807, 2.05) is 36.0 Å². The molecule has 2 heterocycles. The van der Waals surface area contributed by atoms with E-state index in [0.717, 1.165) is 34.5 Å². The molecule has 1 N–H and O–H groups in total. The van der Waals surface area contributed by atoms with E-state index in [1.165, 1.54) is 11.1 Å².